The molecule has 0 heterocycles. The summed E-state index contributed by atoms with van der Waals surface area (Å²) in [4.78, 5) is 0. The van der Waals surface area contributed by atoms with Crippen LogP contribution in [0.15, 0.2) is 42.5 Å². The summed E-state index contributed by atoms with van der Waals surface area (Å²) in [6.07, 6.45) is 0. The van der Waals surface area contributed by atoms with Gasteiger partial charge in [-0.25, -0.2) is 4.39 Å². The molecular weight excluding hydrogens is 272 g/mol. The van der Waals surface area contributed by atoms with Crippen molar-refractivity contribution in [2.24, 2.45) is 5.73 Å². The standard InChI is InChI=1S/C14H12Cl2FN/c1-14(18,9-2-4-10(15)5-3-9)12-7-6-11(16)8-13(12)17/h2-8H,18H2,1H3. The third kappa shape index (κ3) is 2.51. The van der Waals surface area contributed by atoms with E-state index in [9.17, 15) is 4.39 Å². The van der Waals surface area contributed by atoms with E-state index >= 15 is 0 Å². The van der Waals surface area contributed by atoms with Gasteiger partial charge in [-0.15, -0.1) is 0 Å². The topological polar surface area (TPSA) is 26.0 Å². The Kier molecular flexibility index (Phi) is 3.62. The molecule has 2 N–H and O–H groups in total. The molecule has 0 radical (unpaired) electrons. The smallest absolute Gasteiger partial charge is 0.130 e. The lowest BCUT2D eigenvalue weighted by Gasteiger charge is -2.26. The highest BCUT2D eigenvalue weighted by atomic mass is 35.5. The van der Waals surface area contributed by atoms with Gasteiger partial charge in [0, 0.05) is 15.6 Å². The second-order valence-electron chi connectivity index (χ2n) is 4.33. The summed E-state index contributed by atoms with van der Waals surface area (Å²) in [5, 5.41) is 0.967. The zero-order chi connectivity index (χ0) is 13.3. The maximum absolute atomic E-state index is 13.9. The predicted octanol–water partition coefficient (Wildman–Crippen LogP) is 4.35. The number of rotatable bonds is 2. The van der Waals surface area contributed by atoms with E-state index in [1.165, 1.54) is 6.07 Å². The second-order valence-corrected chi connectivity index (χ2v) is 5.21. The molecule has 0 saturated carbocycles. The van der Waals surface area contributed by atoms with Crippen molar-refractivity contribution in [3.8, 4) is 0 Å². The van der Waals surface area contributed by atoms with Crippen LogP contribution < -0.4 is 5.73 Å². The molecule has 2 rings (SSSR count). The van der Waals surface area contributed by atoms with Gasteiger partial charge in [-0.1, -0.05) is 41.4 Å². The van der Waals surface area contributed by atoms with Crippen molar-refractivity contribution in [2.45, 2.75) is 12.5 Å². The van der Waals surface area contributed by atoms with E-state index in [2.05, 4.69) is 0 Å². The van der Waals surface area contributed by atoms with Crippen molar-refractivity contribution in [2.75, 3.05) is 0 Å². The van der Waals surface area contributed by atoms with Crippen LogP contribution in [0.4, 0.5) is 4.39 Å². The zero-order valence-electron chi connectivity index (χ0n) is 9.75. The number of hydrogen-bond donors (Lipinski definition) is 1. The van der Waals surface area contributed by atoms with Gasteiger partial charge >= 0.3 is 0 Å². The summed E-state index contributed by atoms with van der Waals surface area (Å²) in [5.74, 6) is -0.414. The van der Waals surface area contributed by atoms with Crippen molar-refractivity contribution in [1.29, 1.82) is 0 Å². The van der Waals surface area contributed by atoms with E-state index in [0.717, 1.165) is 5.56 Å². The Hall–Kier alpha value is -1.09. The second kappa shape index (κ2) is 4.88. The van der Waals surface area contributed by atoms with Gasteiger partial charge in [0.05, 0.1) is 5.54 Å². The Morgan fingerprint density at radius 2 is 1.56 bits per heavy atom. The number of nitrogens with two attached hydrogens (primary N) is 1. The highest BCUT2D eigenvalue weighted by molar-refractivity contribution is 6.30. The summed E-state index contributed by atoms with van der Waals surface area (Å²) in [6, 6.07) is 11.5. The van der Waals surface area contributed by atoms with Crippen molar-refractivity contribution >= 4 is 23.2 Å². The molecule has 0 spiro atoms. The Balaban J connectivity index is 2.50. The fraction of sp³-hybridized carbons (Fsp3) is 0.143. The Bertz CT molecular complexity index is 565. The lowest BCUT2D eigenvalue weighted by Crippen LogP contribution is -2.35. The summed E-state index contributed by atoms with van der Waals surface area (Å²) in [6.45, 7) is 1.75. The highest BCUT2D eigenvalue weighted by Crippen LogP contribution is 2.30. The van der Waals surface area contributed by atoms with Gasteiger partial charge in [0.15, 0.2) is 0 Å². The quantitative estimate of drug-likeness (QED) is 0.871. The molecule has 0 aliphatic carbocycles. The number of halogens is 3. The molecule has 1 unspecified atom stereocenters. The Morgan fingerprint density at radius 1 is 1.00 bits per heavy atom. The average molecular weight is 284 g/mol. The largest absolute Gasteiger partial charge is 0.318 e. The first-order chi connectivity index (χ1) is 8.41. The molecule has 0 saturated heterocycles. The fourth-order valence-electron chi connectivity index (χ4n) is 1.86. The van der Waals surface area contributed by atoms with E-state index in [-0.39, 0.29) is 0 Å². The van der Waals surface area contributed by atoms with Gasteiger partial charge in [-0.05, 0) is 36.8 Å². The van der Waals surface area contributed by atoms with Crippen molar-refractivity contribution in [3.63, 3.8) is 0 Å². The lowest BCUT2D eigenvalue weighted by atomic mass is 9.85. The molecule has 0 aromatic heterocycles. The Labute approximate surface area is 115 Å². The van der Waals surface area contributed by atoms with Gasteiger partial charge in [-0.2, -0.15) is 0 Å². The normalized spacial score (nSPS) is 14.3. The van der Waals surface area contributed by atoms with E-state index in [4.69, 9.17) is 28.9 Å². The third-order valence-electron chi connectivity index (χ3n) is 2.93. The van der Waals surface area contributed by atoms with Crippen LogP contribution in [-0.4, -0.2) is 0 Å². The average Bonchev–Trinajstić information content (AvgIpc) is 2.29. The van der Waals surface area contributed by atoms with Crippen LogP contribution >= 0.6 is 23.2 Å². The third-order valence-corrected chi connectivity index (χ3v) is 3.42. The summed E-state index contributed by atoms with van der Waals surface area (Å²) in [5.41, 5.74) is 6.49. The fourth-order valence-corrected chi connectivity index (χ4v) is 2.15. The van der Waals surface area contributed by atoms with Gasteiger partial charge in [-0.3, -0.25) is 0 Å². The molecule has 0 bridgehead atoms. The zero-order valence-corrected chi connectivity index (χ0v) is 11.3. The maximum Gasteiger partial charge on any atom is 0.130 e. The molecular formula is C14H12Cl2FN. The molecule has 0 amide bonds. The van der Waals surface area contributed by atoms with Crippen LogP contribution in [0.25, 0.3) is 0 Å². The van der Waals surface area contributed by atoms with Gasteiger partial charge in [0.2, 0.25) is 0 Å². The highest BCUT2D eigenvalue weighted by Gasteiger charge is 2.26. The SMILES string of the molecule is CC(N)(c1ccc(Cl)cc1)c1ccc(Cl)cc1F. The molecule has 2 aromatic rings. The summed E-state index contributed by atoms with van der Waals surface area (Å²) < 4.78 is 13.9. The minimum absolute atomic E-state index is 0.350. The van der Waals surface area contributed by atoms with Crippen LogP contribution in [0.3, 0.4) is 0 Å². The Morgan fingerprint density at radius 3 is 2.11 bits per heavy atom. The molecule has 1 nitrogen and oxygen atoms in total. The van der Waals surface area contributed by atoms with Gasteiger partial charge in [0.25, 0.3) is 0 Å². The van der Waals surface area contributed by atoms with Gasteiger partial charge in [0.1, 0.15) is 5.82 Å². The van der Waals surface area contributed by atoms with E-state index in [1.807, 2.05) is 0 Å². The molecule has 0 aliphatic rings. The molecule has 1 atom stereocenters. The first-order valence-electron chi connectivity index (χ1n) is 5.42. The van der Waals surface area contributed by atoms with Crippen LogP contribution in [-0.2, 0) is 5.54 Å². The van der Waals surface area contributed by atoms with Gasteiger partial charge < -0.3 is 5.73 Å². The van der Waals surface area contributed by atoms with Crippen molar-refractivity contribution in [3.05, 3.63) is 69.5 Å². The lowest BCUT2D eigenvalue weighted by molar-refractivity contribution is 0.531. The molecule has 0 aliphatic heterocycles. The van der Waals surface area contributed by atoms with E-state index in [1.54, 1.807) is 43.3 Å². The minimum atomic E-state index is -0.931. The minimum Gasteiger partial charge on any atom is -0.318 e. The summed E-state index contributed by atoms with van der Waals surface area (Å²) in [7, 11) is 0. The first kappa shape index (κ1) is 13.3. The molecule has 18 heavy (non-hydrogen) atoms. The van der Waals surface area contributed by atoms with Crippen LogP contribution in [0.5, 0.6) is 0 Å². The van der Waals surface area contributed by atoms with Crippen LogP contribution in [0, 0.1) is 5.82 Å². The maximum atomic E-state index is 13.9. The molecule has 2 aromatic carbocycles. The predicted molar refractivity (Wildman–Crippen MR) is 73.5 cm³/mol. The molecule has 94 valence electrons. The number of benzene rings is 2. The monoisotopic (exact) mass is 283 g/mol. The van der Waals surface area contributed by atoms with Crippen molar-refractivity contribution < 1.29 is 4.39 Å². The molecule has 0 fully saturated rings. The van der Waals surface area contributed by atoms with Crippen LogP contribution in [0.1, 0.15) is 18.1 Å². The van der Waals surface area contributed by atoms with E-state index in [0.29, 0.717) is 15.6 Å². The van der Waals surface area contributed by atoms with E-state index < -0.39 is 11.4 Å². The van der Waals surface area contributed by atoms with Crippen LogP contribution in [0.2, 0.25) is 10.0 Å². The molecule has 4 heteroatoms. The summed E-state index contributed by atoms with van der Waals surface area (Å²) >= 11 is 11.6. The van der Waals surface area contributed by atoms with Crippen molar-refractivity contribution in [1.82, 2.24) is 0 Å². The number of hydrogen-bond acceptors (Lipinski definition) is 1. The first-order valence-corrected chi connectivity index (χ1v) is 6.17.